The van der Waals surface area contributed by atoms with E-state index in [2.05, 4.69) is 0 Å². The highest BCUT2D eigenvalue weighted by atomic mass is 16.5. The number of benzene rings is 2. The number of hydrogen-bond acceptors (Lipinski definition) is 4. The fraction of sp³-hybridized carbons (Fsp3) is 0.111. The molecule has 2 aromatic rings. The van der Waals surface area contributed by atoms with Gasteiger partial charge in [0.2, 0.25) is 5.78 Å². The molecule has 110 valence electrons. The average molecular weight is 293 g/mol. The molecule has 4 nitrogen and oxygen atoms in total. The van der Waals surface area contributed by atoms with E-state index >= 15 is 0 Å². The van der Waals surface area contributed by atoms with Crippen LogP contribution in [-0.4, -0.2) is 20.0 Å². The number of para-hydroxylation sites is 1. The van der Waals surface area contributed by atoms with Crippen molar-refractivity contribution in [3.8, 4) is 17.6 Å². The molecule has 0 aliphatic carbocycles. The second-order valence-electron chi connectivity index (χ2n) is 4.47. The number of carbonyl (C=O) groups excluding carboxylic acids is 1. The lowest BCUT2D eigenvalue weighted by Crippen LogP contribution is -2.02. The molecule has 0 aliphatic rings. The van der Waals surface area contributed by atoms with Gasteiger partial charge in [-0.1, -0.05) is 18.2 Å². The molecule has 0 bridgehead atoms. The van der Waals surface area contributed by atoms with E-state index in [1.54, 1.807) is 50.6 Å². The highest BCUT2D eigenvalue weighted by Crippen LogP contribution is 2.22. The molecule has 2 aromatic carbocycles. The number of nitrogens with zero attached hydrogens (tertiary/aromatic N) is 1. The number of allylic oxidation sites excluding steroid dienone is 1. The molecule has 0 spiro atoms. The molecular weight excluding hydrogens is 278 g/mol. The lowest BCUT2D eigenvalue weighted by atomic mass is 10.0. The third kappa shape index (κ3) is 3.33. The Morgan fingerprint density at radius 3 is 2.32 bits per heavy atom. The normalized spacial score (nSPS) is 10.7. The molecule has 22 heavy (non-hydrogen) atoms. The summed E-state index contributed by atoms with van der Waals surface area (Å²) in [5.74, 6) is 0.928. The molecule has 0 aromatic heterocycles. The summed E-state index contributed by atoms with van der Waals surface area (Å²) in [6, 6.07) is 15.8. The summed E-state index contributed by atoms with van der Waals surface area (Å²) < 4.78 is 10.3. The van der Waals surface area contributed by atoms with E-state index in [1.807, 2.05) is 18.2 Å². The van der Waals surface area contributed by atoms with Crippen LogP contribution in [0.5, 0.6) is 11.5 Å². The maximum atomic E-state index is 12.4. The van der Waals surface area contributed by atoms with Gasteiger partial charge in [-0.25, -0.2) is 0 Å². The number of ketones is 1. The van der Waals surface area contributed by atoms with E-state index in [4.69, 9.17) is 9.47 Å². The molecule has 4 heteroatoms. The molecule has 0 radical (unpaired) electrons. The molecule has 0 saturated carbocycles. The maximum Gasteiger partial charge on any atom is 0.203 e. The first kappa shape index (κ1) is 15.3. The van der Waals surface area contributed by atoms with Crippen LogP contribution < -0.4 is 9.47 Å². The minimum absolute atomic E-state index is 0.0506. The summed E-state index contributed by atoms with van der Waals surface area (Å²) in [6.45, 7) is 0. The van der Waals surface area contributed by atoms with Crippen molar-refractivity contribution in [2.75, 3.05) is 14.2 Å². The summed E-state index contributed by atoms with van der Waals surface area (Å²) in [6.07, 6.45) is 1.53. The summed E-state index contributed by atoms with van der Waals surface area (Å²) in [5, 5.41) is 9.28. The Balaban J connectivity index is 2.36. The van der Waals surface area contributed by atoms with Gasteiger partial charge in [0.05, 0.1) is 14.2 Å². The monoisotopic (exact) mass is 293 g/mol. The number of methoxy groups -OCH3 is 2. The Bertz CT molecular complexity index is 740. The van der Waals surface area contributed by atoms with Crippen molar-refractivity contribution < 1.29 is 14.3 Å². The van der Waals surface area contributed by atoms with Crippen molar-refractivity contribution in [2.24, 2.45) is 0 Å². The van der Waals surface area contributed by atoms with Gasteiger partial charge in [0.1, 0.15) is 23.1 Å². The number of Topliss-reactive ketones (excluding diaryl/α,β-unsaturated/α-hetero) is 1. The molecule has 0 saturated heterocycles. The maximum absolute atomic E-state index is 12.4. The molecule has 0 aliphatic heterocycles. The van der Waals surface area contributed by atoms with E-state index < -0.39 is 0 Å². The Morgan fingerprint density at radius 2 is 1.73 bits per heavy atom. The van der Waals surface area contributed by atoms with Crippen LogP contribution in [0.25, 0.3) is 6.08 Å². The average Bonchev–Trinajstić information content (AvgIpc) is 2.59. The standard InChI is InChI=1S/C18H15NO3/c1-21-16-9-7-13(8-10-16)18(20)15(12-19)11-14-5-3-4-6-17(14)22-2/h3-11H,1-2H3/b15-11+. The largest absolute Gasteiger partial charge is 0.497 e. The number of ether oxygens (including phenoxy) is 2. The van der Waals surface area contributed by atoms with Crippen LogP contribution in [0.1, 0.15) is 15.9 Å². The van der Waals surface area contributed by atoms with Gasteiger partial charge >= 0.3 is 0 Å². The van der Waals surface area contributed by atoms with Crippen LogP contribution in [0.2, 0.25) is 0 Å². The molecule has 2 rings (SSSR count). The molecule has 0 amide bonds. The molecule has 0 fully saturated rings. The summed E-state index contributed by atoms with van der Waals surface area (Å²) in [4.78, 5) is 12.4. The van der Waals surface area contributed by atoms with Crippen LogP contribution in [0.4, 0.5) is 0 Å². The molecule has 0 N–H and O–H groups in total. The van der Waals surface area contributed by atoms with Gasteiger partial charge in [-0.3, -0.25) is 4.79 Å². The predicted octanol–water partition coefficient (Wildman–Crippen LogP) is 3.49. The fourth-order valence-electron chi connectivity index (χ4n) is 1.99. The van der Waals surface area contributed by atoms with Crippen molar-refractivity contribution in [3.05, 3.63) is 65.2 Å². The number of hydrogen-bond donors (Lipinski definition) is 0. The molecular formula is C18H15NO3. The van der Waals surface area contributed by atoms with Crippen molar-refractivity contribution in [3.63, 3.8) is 0 Å². The van der Waals surface area contributed by atoms with Crippen LogP contribution in [0, 0.1) is 11.3 Å². The first-order valence-electron chi connectivity index (χ1n) is 6.63. The van der Waals surface area contributed by atoms with Gasteiger partial charge in [0, 0.05) is 11.1 Å². The number of nitriles is 1. The Morgan fingerprint density at radius 1 is 1.05 bits per heavy atom. The number of rotatable bonds is 5. The Labute approximate surface area is 129 Å². The van der Waals surface area contributed by atoms with E-state index in [9.17, 15) is 10.1 Å². The third-order valence-corrected chi connectivity index (χ3v) is 3.16. The van der Waals surface area contributed by atoms with Gasteiger partial charge < -0.3 is 9.47 Å². The van der Waals surface area contributed by atoms with Crippen molar-refractivity contribution >= 4 is 11.9 Å². The van der Waals surface area contributed by atoms with Crippen molar-refractivity contribution in [1.29, 1.82) is 5.26 Å². The van der Waals surface area contributed by atoms with E-state index in [0.29, 0.717) is 22.6 Å². The van der Waals surface area contributed by atoms with Crippen molar-refractivity contribution in [1.82, 2.24) is 0 Å². The predicted molar refractivity (Wildman–Crippen MR) is 83.9 cm³/mol. The van der Waals surface area contributed by atoms with E-state index in [-0.39, 0.29) is 11.4 Å². The zero-order valence-electron chi connectivity index (χ0n) is 12.4. The van der Waals surface area contributed by atoms with Gasteiger partial charge in [-0.2, -0.15) is 5.26 Å². The highest BCUT2D eigenvalue weighted by Gasteiger charge is 2.13. The first-order chi connectivity index (χ1) is 10.7. The lowest BCUT2D eigenvalue weighted by molar-refractivity contribution is 0.104. The van der Waals surface area contributed by atoms with Gasteiger partial charge in [0.25, 0.3) is 0 Å². The lowest BCUT2D eigenvalue weighted by Gasteiger charge is -2.05. The SMILES string of the molecule is COc1ccc(C(=O)/C(C#N)=C/c2ccccc2OC)cc1. The van der Waals surface area contributed by atoms with E-state index in [1.165, 1.54) is 6.08 Å². The third-order valence-electron chi connectivity index (χ3n) is 3.16. The second-order valence-corrected chi connectivity index (χ2v) is 4.47. The van der Waals surface area contributed by atoms with Crippen LogP contribution >= 0.6 is 0 Å². The fourth-order valence-corrected chi connectivity index (χ4v) is 1.99. The Kier molecular flexibility index (Phi) is 4.94. The minimum atomic E-state index is -0.337. The number of carbonyl (C=O) groups is 1. The molecule has 0 heterocycles. The Hall–Kier alpha value is -3.06. The summed E-state index contributed by atoms with van der Waals surface area (Å²) >= 11 is 0. The van der Waals surface area contributed by atoms with Gasteiger partial charge in [-0.05, 0) is 36.4 Å². The van der Waals surface area contributed by atoms with Gasteiger partial charge in [-0.15, -0.1) is 0 Å². The molecule has 0 atom stereocenters. The van der Waals surface area contributed by atoms with Gasteiger partial charge in [0.15, 0.2) is 0 Å². The van der Waals surface area contributed by atoms with Crippen molar-refractivity contribution in [2.45, 2.75) is 0 Å². The zero-order valence-corrected chi connectivity index (χ0v) is 12.4. The topological polar surface area (TPSA) is 59.3 Å². The highest BCUT2D eigenvalue weighted by molar-refractivity contribution is 6.14. The minimum Gasteiger partial charge on any atom is -0.497 e. The van der Waals surface area contributed by atoms with Crippen LogP contribution in [0.15, 0.2) is 54.1 Å². The van der Waals surface area contributed by atoms with Crippen LogP contribution in [0.3, 0.4) is 0 Å². The quantitative estimate of drug-likeness (QED) is 0.481. The first-order valence-corrected chi connectivity index (χ1v) is 6.63. The summed E-state index contributed by atoms with van der Waals surface area (Å²) in [7, 11) is 3.10. The summed E-state index contributed by atoms with van der Waals surface area (Å²) in [5.41, 5.74) is 1.17. The molecule has 0 unspecified atom stereocenters. The van der Waals surface area contributed by atoms with Crippen LogP contribution in [-0.2, 0) is 0 Å². The van der Waals surface area contributed by atoms with E-state index in [0.717, 1.165) is 0 Å². The smallest absolute Gasteiger partial charge is 0.203 e. The second kappa shape index (κ2) is 7.09. The zero-order chi connectivity index (χ0) is 15.9.